The summed E-state index contributed by atoms with van der Waals surface area (Å²) < 4.78 is 0. The summed E-state index contributed by atoms with van der Waals surface area (Å²) in [7, 11) is 1.87. The van der Waals surface area contributed by atoms with E-state index in [9.17, 15) is 9.90 Å². The van der Waals surface area contributed by atoms with E-state index in [1.807, 2.05) is 30.1 Å². The third kappa shape index (κ3) is 3.81. The highest BCUT2D eigenvalue weighted by Crippen LogP contribution is 2.30. The average molecular weight is 292 g/mol. The second-order valence-corrected chi connectivity index (χ2v) is 5.66. The van der Waals surface area contributed by atoms with E-state index in [-0.39, 0.29) is 12.5 Å². The lowest BCUT2D eigenvalue weighted by Crippen LogP contribution is -2.33. The summed E-state index contributed by atoms with van der Waals surface area (Å²) in [5.74, 6) is 0.0620. The molecule has 0 fully saturated rings. The Bertz CT molecular complexity index is 504. The summed E-state index contributed by atoms with van der Waals surface area (Å²) in [6.07, 6.45) is 1.31. The quantitative estimate of drug-likeness (QED) is 0.848. The molecule has 1 aliphatic heterocycles. The molecule has 0 spiro atoms. The first-order chi connectivity index (χ1) is 10.0. The summed E-state index contributed by atoms with van der Waals surface area (Å²) >= 11 is 0. The number of hydrogen-bond acceptors (Lipinski definition) is 4. The van der Waals surface area contributed by atoms with Gasteiger partial charge in [0.1, 0.15) is 0 Å². The van der Waals surface area contributed by atoms with Gasteiger partial charge >= 0.3 is 0 Å². The molecule has 0 saturated carbocycles. The van der Waals surface area contributed by atoms with Gasteiger partial charge in [-0.3, -0.25) is 4.79 Å². The number of amides is 1. The normalized spacial score (nSPS) is 16.0. The Hall–Kier alpha value is -1.43. The summed E-state index contributed by atoms with van der Waals surface area (Å²) in [5, 5.41) is 19.2. The van der Waals surface area contributed by atoms with Gasteiger partial charge in [0, 0.05) is 32.2 Å². The first-order valence-corrected chi connectivity index (χ1v) is 7.41. The van der Waals surface area contributed by atoms with Gasteiger partial charge in [-0.15, -0.1) is 0 Å². The van der Waals surface area contributed by atoms with Crippen molar-refractivity contribution in [3.8, 4) is 0 Å². The van der Waals surface area contributed by atoms with Crippen LogP contribution >= 0.6 is 0 Å². The summed E-state index contributed by atoms with van der Waals surface area (Å²) in [4.78, 5) is 15.3. The minimum atomic E-state index is -0.584. The smallest absolute Gasteiger partial charge is 0.223 e. The van der Waals surface area contributed by atoms with E-state index < -0.39 is 6.10 Å². The van der Waals surface area contributed by atoms with Crippen molar-refractivity contribution in [3.05, 3.63) is 29.3 Å². The molecule has 5 heteroatoms. The molecule has 0 bridgehead atoms. The van der Waals surface area contributed by atoms with Gasteiger partial charge in [-0.05, 0) is 37.1 Å². The summed E-state index contributed by atoms with van der Waals surface area (Å²) in [5.41, 5.74) is 2.95. The average Bonchev–Trinajstić information content (AvgIpc) is 2.46. The van der Waals surface area contributed by atoms with Crippen molar-refractivity contribution in [2.45, 2.75) is 25.9 Å². The van der Waals surface area contributed by atoms with Crippen molar-refractivity contribution in [2.24, 2.45) is 0 Å². The predicted octanol–water partition coefficient (Wildman–Crippen LogP) is 0.943. The number of carbonyl (C=O) groups is 1. The van der Waals surface area contributed by atoms with Crippen LogP contribution in [0.3, 0.4) is 0 Å². The maximum absolute atomic E-state index is 11.6. The standard InChI is InChI=1S/C16H24N2O3/c1-12(20)18-7-3-4-13-10-14(5-6-15(13)18)16(21)11-17(2)8-9-19/h5-6,10,16,19,21H,3-4,7-9,11H2,1-2H3. The molecule has 116 valence electrons. The Labute approximate surface area is 125 Å². The van der Waals surface area contributed by atoms with Gasteiger partial charge in [-0.1, -0.05) is 12.1 Å². The molecule has 1 aromatic rings. The summed E-state index contributed by atoms with van der Waals surface area (Å²) in [6.45, 7) is 3.46. The van der Waals surface area contributed by atoms with Crippen molar-refractivity contribution in [3.63, 3.8) is 0 Å². The van der Waals surface area contributed by atoms with Crippen molar-refractivity contribution < 1.29 is 15.0 Å². The number of aliphatic hydroxyl groups excluding tert-OH is 2. The number of hydrogen-bond donors (Lipinski definition) is 2. The van der Waals surface area contributed by atoms with Crippen LogP contribution in [0.1, 0.15) is 30.6 Å². The highest BCUT2D eigenvalue weighted by atomic mass is 16.3. The molecule has 1 unspecified atom stereocenters. The van der Waals surface area contributed by atoms with Crippen LogP contribution in [0, 0.1) is 0 Å². The number of anilines is 1. The molecule has 0 saturated heterocycles. The second-order valence-electron chi connectivity index (χ2n) is 5.66. The van der Waals surface area contributed by atoms with Crippen LogP contribution in [0.4, 0.5) is 5.69 Å². The molecule has 1 aromatic carbocycles. The lowest BCUT2D eigenvalue weighted by atomic mass is 9.97. The maximum Gasteiger partial charge on any atom is 0.223 e. The molecule has 0 aliphatic carbocycles. The lowest BCUT2D eigenvalue weighted by Gasteiger charge is -2.29. The molecule has 21 heavy (non-hydrogen) atoms. The topological polar surface area (TPSA) is 64.0 Å². The minimum Gasteiger partial charge on any atom is -0.395 e. The number of carbonyl (C=O) groups excluding carboxylic acids is 1. The number of benzene rings is 1. The number of likely N-dealkylation sites (N-methyl/N-ethyl adjacent to an activating group) is 1. The van der Waals surface area contributed by atoms with Gasteiger partial charge < -0.3 is 20.0 Å². The zero-order valence-electron chi connectivity index (χ0n) is 12.7. The highest BCUT2D eigenvalue weighted by Gasteiger charge is 2.21. The molecular formula is C16H24N2O3. The van der Waals surface area contributed by atoms with Gasteiger partial charge in [0.05, 0.1) is 12.7 Å². The number of aliphatic hydroxyl groups is 2. The SMILES string of the molecule is CC(=O)N1CCCc2cc(C(O)CN(C)CCO)ccc21. The fraction of sp³-hybridized carbons (Fsp3) is 0.562. The van der Waals surface area contributed by atoms with Crippen molar-refractivity contribution in [1.82, 2.24) is 4.90 Å². The van der Waals surface area contributed by atoms with Gasteiger partial charge in [0.15, 0.2) is 0 Å². The van der Waals surface area contributed by atoms with Gasteiger partial charge in [0.25, 0.3) is 0 Å². The van der Waals surface area contributed by atoms with E-state index in [1.54, 1.807) is 11.8 Å². The monoisotopic (exact) mass is 292 g/mol. The van der Waals surface area contributed by atoms with Crippen LogP contribution in [-0.4, -0.2) is 54.3 Å². The third-order valence-corrected chi connectivity index (χ3v) is 3.95. The van der Waals surface area contributed by atoms with Crippen LogP contribution in [-0.2, 0) is 11.2 Å². The largest absolute Gasteiger partial charge is 0.395 e. The van der Waals surface area contributed by atoms with Crippen LogP contribution in [0.2, 0.25) is 0 Å². The van der Waals surface area contributed by atoms with E-state index in [1.165, 1.54) is 0 Å². The van der Waals surface area contributed by atoms with Crippen LogP contribution in [0.5, 0.6) is 0 Å². The maximum atomic E-state index is 11.6. The molecule has 5 nitrogen and oxygen atoms in total. The Morgan fingerprint density at radius 3 is 2.90 bits per heavy atom. The van der Waals surface area contributed by atoms with Gasteiger partial charge in [-0.2, -0.15) is 0 Å². The molecule has 0 aromatic heterocycles. The Morgan fingerprint density at radius 2 is 2.24 bits per heavy atom. The molecule has 1 amide bonds. The van der Waals surface area contributed by atoms with E-state index >= 15 is 0 Å². The predicted molar refractivity (Wildman–Crippen MR) is 82.3 cm³/mol. The first kappa shape index (κ1) is 15.9. The molecule has 0 radical (unpaired) electrons. The third-order valence-electron chi connectivity index (χ3n) is 3.95. The number of fused-ring (bicyclic) bond motifs is 1. The van der Waals surface area contributed by atoms with E-state index in [2.05, 4.69) is 0 Å². The minimum absolute atomic E-state index is 0.0620. The first-order valence-electron chi connectivity index (χ1n) is 7.41. The Balaban J connectivity index is 2.15. The van der Waals surface area contributed by atoms with Crippen molar-refractivity contribution in [2.75, 3.05) is 38.2 Å². The fourth-order valence-electron chi connectivity index (χ4n) is 2.81. The second kappa shape index (κ2) is 7.02. The Morgan fingerprint density at radius 1 is 1.48 bits per heavy atom. The number of nitrogens with zero attached hydrogens (tertiary/aromatic N) is 2. The molecule has 2 N–H and O–H groups in total. The summed E-state index contributed by atoms with van der Waals surface area (Å²) in [6, 6.07) is 5.82. The van der Waals surface area contributed by atoms with E-state index in [4.69, 9.17) is 5.11 Å². The molecule has 1 aliphatic rings. The van der Waals surface area contributed by atoms with Crippen LogP contribution < -0.4 is 4.90 Å². The lowest BCUT2D eigenvalue weighted by molar-refractivity contribution is -0.116. The highest BCUT2D eigenvalue weighted by molar-refractivity contribution is 5.92. The number of rotatable bonds is 5. The molecular weight excluding hydrogens is 268 g/mol. The van der Waals surface area contributed by atoms with E-state index in [0.29, 0.717) is 13.1 Å². The molecule has 2 rings (SSSR count). The van der Waals surface area contributed by atoms with Crippen LogP contribution in [0.15, 0.2) is 18.2 Å². The van der Waals surface area contributed by atoms with Gasteiger partial charge in [0.2, 0.25) is 5.91 Å². The van der Waals surface area contributed by atoms with Crippen molar-refractivity contribution >= 4 is 11.6 Å². The Kier molecular flexibility index (Phi) is 5.33. The zero-order chi connectivity index (χ0) is 15.4. The van der Waals surface area contributed by atoms with Gasteiger partial charge in [-0.25, -0.2) is 0 Å². The molecule has 1 atom stereocenters. The van der Waals surface area contributed by atoms with Crippen LogP contribution in [0.25, 0.3) is 0 Å². The zero-order valence-corrected chi connectivity index (χ0v) is 12.7. The molecule has 1 heterocycles. The number of aryl methyl sites for hydroxylation is 1. The fourth-order valence-corrected chi connectivity index (χ4v) is 2.81. The van der Waals surface area contributed by atoms with E-state index in [0.717, 1.165) is 36.2 Å². The van der Waals surface area contributed by atoms with Crippen molar-refractivity contribution in [1.29, 1.82) is 0 Å².